The summed E-state index contributed by atoms with van der Waals surface area (Å²) in [5, 5.41) is 5.64. The number of aromatic nitrogens is 2. The molecular weight excluding hydrogens is 332 g/mol. The van der Waals surface area contributed by atoms with Gasteiger partial charge in [0.15, 0.2) is 0 Å². The molecule has 0 saturated carbocycles. The number of imidazole rings is 1. The van der Waals surface area contributed by atoms with Gasteiger partial charge < -0.3 is 25.3 Å². The van der Waals surface area contributed by atoms with Crippen molar-refractivity contribution in [1.29, 1.82) is 0 Å². The number of carbonyl (C=O) groups is 1. The molecule has 0 spiro atoms. The van der Waals surface area contributed by atoms with Gasteiger partial charge in [-0.3, -0.25) is 0 Å². The Morgan fingerprint density at radius 1 is 1.15 bits per heavy atom. The number of carbonyl (C=O) groups excluding carboxylic acids is 1. The number of urea groups is 1. The first-order chi connectivity index (χ1) is 12.5. The van der Waals surface area contributed by atoms with Crippen LogP contribution in [0.1, 0.15) is 24.1 Å². The quantitative estimate of drug-likeness (QED) is 0.512. The summed E-state index contributed by atoms with van der Waals surface area (Å²) in [6.07, 6.45) is 0. The topological polar surface area (TPSA) is 99.0 Å². The first-order valence-corrected chi connectivity index (χ1v) is 8.47. The fourth-order valence-corrected chi connectivity index (χ4v) is 2.69. The van der Waals surface area contributed by atoms with E-state index >= 15 is 0 Å². The highest BCUT2D eigenvalue weighted by Gasteiger charge is 2.10. The first-order valence-electron chi connectivity index (χ1n) is 8.47. The van der Waals surface area contributed by atoms with E-state index in [9.17, 15) is 9.59 Å². The third-order valence-corrected chi connectivity index (χ3v) is 4.03. The number of fused-ring (bicyclic) bond motifs is 1. The number of benzene rings is 2. The lowest BCUT2D eigenvalue weighted by atomic mass is 10.1. The molecule has 2 aromatic carbocycles. The fraction of sp³-hybridized carbons (Fsp3) is 0.263. The molecule has 0 radical (unpaired) electrons. The molecule has 7 nitrogen and oxygen atoms in total. The Balaban J connectivity index is 1.46. The van der Waals surface area contributed by atoms with Gasteiger partial charge in [0.2, 0.25) is 0 Å². The summed E-state index contributed by atoms with van der Waals surface area (Å²) in [7, 11) is 0. The lowest BCUT2D eigenvalue weighted by Gasteiger charge is -2.15. The maximum Gasteiger partial charge on any atom is 0.323 e. The van der Waals surface area contributed by atoms with Gasteiger partial charge in [0.05, 0.1) is 23.6 Å². The molecule has 0 unspecified atom stereocenters. The van der Waals surface area contributed by atoms with Gasteiger partial charge in [0, 0.05) is 0 Å². The normalized spacial score (nSPS) is 11.9. The summed E-state index contributed by atoms with van der Waals surface area (Å²) in [5.41, 5.74) is 3.24. The zero-order valence-electron chi connectivity index (χ0n) is 14.8. The second kappa shape index (κ2) is 7.77. The van der Waals surface area contributed by atoms with Gasteiger partial charge in [0.25, 0.3) is 0 Å². The summed E-state index contributed by atoms with van der Waals surface area (Å²) in [5.74, 6) is 0.786. The van der Waals surface area contributed by atoms with Crippen LogP contribution >= 0.6 is 0 Å². The van der Waals surface area contributed by atoms with E-state index in [4.69, 9.17) is 4.74 Å². The Labute approximate surface area is 150 Å². The highest BCUT2D eigenvalue weighted by molar-refractivity contribution is 5.77. The Morgan fingerprint density at radius 3 is 2.77 bits per heavy atom. The predicted octanol–water partition coefficient (Wildman–Crippen LogP) is 2.60. The second-order valence-electron chi connectivity index (χ2n) is 6.17. The third-order valence-electron chi connectivity index (χ3n) is 4.03. The Hall–Kier alpha value is -3.22. The number of hydrogen-bond acceptors (Lipinski definition) is 3. The molecule has 136 valence electrons. The van der Waals surface area contributed by atoms with Crippen LogP contribution in [0.3, 0.4) is 0 Å². The number of aromatic amines is 2. The smallest absolute Gasteiger partial charge is 0.323 e. The van der Waals surface area contributed by atoms with Gasteiger partial charge in [-0.1, -0.05) is 18.2 Å². The van der Waals surface area contributed by atoms with Crippen LogP contribution in [0.15, 0.2) is 47.3 Å². The van der Waals surface area contributed by atoms with E-state index in [1.54, 1.807) is 0 Å². The van der Waals surface area contributed by atoms with Crippen LogP contribution in [-0.4, -0.2) is 29.2 Å². The van der Waals surface area contributed by atoms with Gasteiger partial charge >= 0.3 is 11.7 Å². The van der Waals surface area contributed by atoms with Crippen LogP contribution in [0.5, 0.6) is 5.75 Å². The summed E-state index contributed by atoms with van der Waals surface area (Å²) < 4.78 is 5.60. The van der Waals surface area contributed by atoms with E-state index in [2.05, 4.69) is 20.6 Å². The standard InChI is InChI=1S/C19H22N4O3/c1-12-4-3-5-15(10-12)26-9-8-20-18(24)21-13(2)14-6-7-16-17(11-14)23-19(25)22-16/h3-7,10-11,13H,8-9H2,1-2H3,(H2,20,21,24)(H2,22,23,25)/t13-/m1/s1. The summed E-state index contributed by atoms with van der Waals surface area (Å²) in [4.78, 5) is 28.7. The van der Waals surface area contributed by atoms with E-state index in [0.717, 1.165) is 22.4 Å². The molecule has 1 aromatic heterocycles. The van der Waals surface area contributed by atoms with Crippen molar-refractivity contribution in [2.45, 2.75) is 19.9 Å². The number of amides is 2. The average molecular weight is 354 g/mol. The lowest BCUT2D eigenvalue weighted by Crippen LogP contribution is -2.38. The van der Waals surface area contributed by atoms with Gasteiger partial charge in [-0.15, -0.1) is 0 Å². The Morgan fingerprint density at radius 2 is 1.96 bits per heavy atom. The highest BCUT2D eigenvalue weighted by atomic mass is 16.5. The molecule has 0 bridgehead atoms. The Kier molecular flexibility index (Phi) is 5.26. The van der Waals surface area contributed by atoms with Crippen molar-refractivity contribution in [1.82, 2.24) is 20.6 Å². The summed E-state index contributed by atoms with van der Waals surface area (Å²) in [6.45, 7) is 4.67. The van der Waals surface area contributed by atoms with Crippen LogP contribution in [0.25, 0.3) is 11.0 Å². The minimum Gasteiger partial charge on any atom is -0.492 e. The van der Waals surface area contributed by atoms with Crippen LogP contribution < -0.4 is 21.1 Å². The van der Waals surface area contributed by atoms with Crippen LogP contribution in [0.2, 0.25) is 0 Å². The van der Waals surface area contributed by atoms with Crippen molar-refractivity contribution in [3.8, 4) is 5.75 Å². The molecule has 26 heavy (non-hydrogen) atoms. The minimum atomic E-state index is -0.270. The monoisotopic (exact) mass is 354 g/mol. The van der Waals surface area contributed by atoms with Crippen LogP contribution in [0.4, 0.5) is 4.79 Å². The van der Waals surface area contributed by atoms with Gasteiger partial charge in [-0.05, 0) is 49.2 Å². The number of aryl methyl sites for hydroxylation is 1. The maximum atomic E-state index is 12.0. The van der Waals surface area contributed by atoms with E-state index in [1.807, 2.05) is 56.3 Å². The maximum absolute atomic E-state index is 12.0. The Bertz CT molecular complexity index is 961. The number of hydrogen-bond donors (Lipinski definition) is 4. The van der Waals surface area contributed by atoms with E-state index in [-0.39, 0.29) is 17.8 Å². The van der Waals surface area contributed by atoms with Gasteiger partial charge in [-0.25, -0.2) is 9.59 Å². The molecule has 7 heteroatoms. The van der Waals surface area contributed by atoms with E-state index in [1.165, 1.54) is 0 Å². The van der Waals surface area contributed by atoms with Crippen LogP contribution in [-0.2, 0) is 0 Å². The van der Waals surface area contributed by atoms with Crippen molar-refractivity contribution < 1.29 is 9.53 Å². The molecule has 3 rings (SSSR count). The molecule has 1 atom stereocenters. The minimum absolute atomic E-state index is 0.199. The zero-order chi connectivity index (χ0) is 18.5. The van der Waals surface area contributed by atoms with Crippen molar-refractivity contribution >= 4 is 17.1 Å². The van der Waals surface area contributed by atoms with Crippen molar-refractivity contribution in [2.24, 2.45) is 0 Å². The molecule has 0 saturated heterocycles. The number of nitrogens with one attached hydrogen (secondary N) is 4. The molecule has 0 aliphatic carbocycles. The SMILES string of the molecule is Cc1cccc(OCCNC(=O)N[C@H](C)c2ccc3[nH]c(=O)[nH]c3c2)c1. The first kappa shape index (κ1) is 17.6. The van der Waals surface area contributed by atoms with Gasteiger partial charge in [-0.2, -0.15) is 0 Å². The molecule has 0 fully saturated rings. The van der Waals surface area contributed by atoms with Crippen molar-refractivity contribution in [3.63, 3.8) is 0 Å². The molecule has 1 heterocycles. The van der Waals surface area contributed by atoms with E-state index < -0.39 is 0 Å². The highest BCUT2D eigenvalue weighted by Crippen LogP contribution is 2.17. The number of H-pyrrole nitrogens is 2. The summed E-state index contributed by atoms with van der Waals surface area (Å²) in [6, 6.07) is 12.8. The third kappa shape index (κ3) is 4.44. The summed E-state index contributed by atoms with van der Waals surface area (Å²) >= 11 is 0. The zero-order valence-corrected chi connectivity index (χ0v) is 14.8. The molecule has 0 aliphatic rings. The molecule has 4 N–H and O–H groups in total. The van der Waals surface area contributed by atoms with Gasteiger partial charge in [0.1, 0.15) is 12.4 Å². The van der Waals surface area contributed by atoms with E-state index in [0.29, 0.717) is 18.7 Å². The average Bonchev–Trinajstić information content (AvgIpc) is 2.98. The molecule has 2 amide bonds. The fourth-order valence-electron chi connectivity index (χ4n) is 2.69. The van der Waals surface area contributed by atoms with Crippen LogP contribution in [0, 0.1) is 6.92 Å². The molecule has 3 aromatic rings. The predicted molar refractivity (Wildman–Crippen MR) is 101 cm³/mol. The lowest BCUT2D eigenvalue weighted by molar-refractivity contribution is 0.233. The second-order valence-corrected chi connectivity index (χ2v) is 6.17. The molecule has 0 aliphatic heterocycles. The van der Waals surface area contributed by atoms with Crippen molar-refractivity contribution in [2.75, 3.05) is 13.2 Å². The molecular formula is C19H22N4O3. The number of rotatable bonds is 6. The number of ether oxygens (including phenoxy) is 1. The van der Waals surface area contributed by atoms with Crippen molar-refractivity contribution in [3.05, 3.63) is 64.1 Å². The largest absolute Gasteiger partial charge is 0.492 e.